The second-order valence-electron chi connectivity index (χ2n) is 3.76. The van der Waals surface area contributed by atoms with E-state index in [4.69, 9.17) is 11.6 Å². The molecule has 0 aliphatic heterocycles. The molecule has 0 saturated heterocycles. The molecule has 0 bridgehead atoms. The van der Waals surface area contributed by atoms with Gasteiger partial charge in [-0.05, 0) is 30.5 Å². The Kier molecular flexibility index (Phi) is 4.14. The number of hydrogen-bond acceptors (Lipinski definition) is 2. The van der Waals surface area contributed by atoms with Crippen molar-refractivity contribution in [2.75, 3.05) is 0 Å². The van der Waals surface area contributed by atoms with Crippen LogP contribution < -0.4 is 0 Å². The van der Waals surface area contributed by atoms with Crippen LogP contribution in [0.2, 0.25) is 5.02 Å². The summed E-state index contributed by atoms with van der Waals surface area (Å²) in [5.74, 6) is 0. The maximum absolute atomic E-state index is 10.1. The first-order valence-corrected chi connectivity index (χ1v) is 5.57. The molecule has 0 fully saturated rings. The van der Waals surface area contributed by atoms with E-state index in [0.29, 0.717) is 23.4 Å². The standard InChI is InChI=1S/C12H17ClO2/c1-3-12(15,4-2)11(14)9-5-7-10(13)8-6-9/h5-8,11,14-15H,3-4H2,1-2H3. The first-order valence-electron chi connectivity index (χ1n) is 5.19. The molecule has 0 radical (unpaired) electrons. The normalized spacial score (nSPS) is 13.9. The minimum atomic E-state index is -1.05. The van der Waals surface area contributed by atoms with Gasteiger partial charge in [0.25, 0.3) is 0 Å². The summed E-state index contributed by atoms with van der Waals surface area (Å²) in [6, 6.07) is 6.91. The van der Waals surface area contributed by atoms with Crippen molar-refractivity contribution in [3.05, 3.63) is 34.9 Å². The molecule has 84 valence electrons. The van der Waals surface area contributed by atoms with Gasteiger partial charge in [-0.15, -0.1) is 0 Å². The van der Waals surface area contributed by atoms with Crippen LogP contribution in [-0.4, -0.2) is 15.8 Å². The first-order chi connectivity index (χ1) is 7.03. The lowest BCUT2D eigenvalue weighted by molar-refractivity contribution is -0.0820. The molecule has 2 N–H and O–H groups in total. The molecule has 1 rings (SSSR count). The fourth-order valence-corrected chi connectivity index (χ4v) is 1.72. The highest BCUT2D eigenvalue weighted by atomic mass is 35.5. The molecule has 1 aromatic rings. The highest BCUT2D eigenvalue weighted by Crippen LogP contribution is 2.31. The maximum atomic E-state index is 10.1. The smallest absolute Gasteiger partial charge is 0.108 e. The van der Waals surface area contributed by atoms with E-state index >= 15 is 0 Å². The van der Waals surface area contributed by atoms with Gasteiger partial charge in [-0.1, -0.05) is 37.6 Å². The van der Waals surface area contributed by atoms with Crippen LogP contribution in [0.25, 0.3) is 0 Å². The van der Waals surface area contributed by atoms with Crippen molar-refractivity contribution in [3.8, 4) is 0 Å². The summed E-state index contributed by atoms with van der Waals surface area (Å²) in [5.41, 5.74) is -0.348. The number of benzene rings is 1. The van der Waals surface area contributed by atoms with Gasteiger partial charge in [-0.3, -0.25) is 0 Å². The highest BCUT2D eigenvalue weighted by molar-refractivity contribution is 6.30. The molecule has 0 aliphatic carbocycles. The number of aliphatic hydroxyl groups is 2. The van der Waals surface area contributed by atoms with E-state index in [2.05, 4.69) is 0 Å². The van der Waals surface area contributed by atoms with E-state index in [-0.39, 0.29) is 0 Å². The Bertz CT molecular complexity index is 304. The van der Waals surface area contributed by atoms with Crippen molar-refractivity contribution in [1.29, 1.82) is 0 Å². The largest absolute Gasteiger partial charge is 0.387 e. The summed E-state index contributed by atoms with van der Waals surface area (Å²) in [6.45, 7) is 3.73. The summed E-state index contributed by atoms with van der Waals surface area (Å²) in [7, 11) is 0. The summed E-state index contributed by atoms with van der Waals surface area (Å²) >= 11 is 5.75. The van der Waals surface area contributed by atoms with Gasteiger partial charge in [0.2, 0.25) is 0 Å². The Labute approximate surface area is 95.5 Å². The van der Waals surface area contributed by atoms with Crippen LogP contribution in [0.5, 0.6) is 0 Å². The fourth-order valence-electron chi connectivity index (χ4n) is 1.59. The molecule has 0 heterocycles. The number of hydrogen-bond donors (Lipinski definition) is 2. The van der Waals surface area contributed by atoms with Crippen molar-refractivity contribution in [2.24, 2.45) is 0 Å². The van der Waals surface area contributed by atoms with Gasteiger partial charge in [0, 0.05) is 5.02 Å². The first kappa shape index (κ1) is 12.5. The predicted molar refractivity (Wildman–Crippen MR) is 61.9 cm³/mol. The zero-order chi connectivity index (χ0) is 11.5. The lowest BCUT2D eigenvalue weighted by Gasteiger charge is -2.31. The van der Waals surface area contributed by atoms with Gasteiger partial charge in [0.05, 0.1) is 5.60 Å². The molecule has 1 atom stereocenters. The quantitative estimate of drug-likeness (QED) is 0.832. The molecule has 1 aromatic carbocycles. The van der Waals surface area contributed by atoms with Crippen LogP contribution in [-0.2, 0) is 0 Å². The molecule has 0 saturated carbocycles. The Hall–Kier alpha value is -0.570. The van der Waals surface area contributed by atoms with E-state index < -0.39 is 11.7 Å². The van der Waals surface area contributed by atoms with Crippen LogP contribution in [0, 0.1) is 0 Å². The SMILES string of the molecule is CCC(O)(CC)C(O)c1ccc(Cl)cc1. The lowest BCUT2D eigenvalue weighted by atomic mass is 9.86. The molecule has 0 aromatic heterocycles. The summed E-state index contributed by atoms with van der Waals surface area (Å²) in [6.07, 6.45) is 0.186. The highest BCUT2D eigenvalue weighted by Gasteiger charge is 2.32. The maximum Gasteiger partial charge on any atom is 0.108 e. The fraction of sp³-hybridized carbons (Fsp3) is 0.500. The van der Waals surface area contributed by atoms with E-state index in [1.165, 1.54) is 0 Å². The summed E-state index contributed by atoms with van der Waals surface area (Å²) in [5, 5.41) is 20.8. The van der Waals surface area contributed by atoms with Gasteiger partial charge in [-0.25, -0.2) is 0 Å². The van der Waals surface area contributed by atoms with Gasteiger partial charge in [0.15, 0.2) is 0 Å². The average molecular weight is 229 g/mol. The predicted octanol–water partition coefficient (Wildman–Crippen LogP) is 2.92. The van der Waals surface area contributed by atoms with Crippen LogP contribution in [0.4, 0.5) is 0 Å². The zero-order valence-electron chi connectivity index (χ0n) is 9.07. The number of rotatable bonds is 4. The van der Waals surface area contributed by atoms with Crippen LogP contribution in [0.1, 0.15) is 38.4 Å². The topological polar surface area (TPSA) is 40.5 Å². The number of halogens is 1. The molecule has 2 nitrogen and oxygen atoms in total. The van der Waals surface area contributed by atoms with Crippen molar-refractivity contribution >= 4 is 11.6 Å². The molecule has 0 amide bonds. The molecule has 1 unspecified atom stereocenters. The Morgan fingerprint density at radius 3 is 2.07 bits per heavy atom. The third-order valence-electron chi connectivity index (χ3n) is 2.92. The van der Waals surface area contributed by atoms with Crippen LogP contribution >= 0.6 is 11.6 Å². The van der Waals surface area contributed by atoms with Crippen molar-refractivity contribution in [1.82, 2.24) is 0 Å². The van der Waals surface area contributed by atoms with Gasteiger partial charge >= 0.3 is 0 Å². The zero-order valence-corrected chi connectivity index (χ0v) is 9.83. The van der Waals surface area contributed by atoms with Crippen LogP contribution in [0.3, 0.4) is 0 Å². The van der Waals surface area contributed by atoms with E-state index in [1.807, 2.05) is 13.8 Å². The molecule has 0 aliphatic rings. The van der Waals surface area contributed by atoms with Crippen molar-refractivity contribution in [3.63, 3.8) is 0 Å². The second kappa shape index (κ2) is 4.97. The number of aliphatic hydroxyl groups excluding tert-OH is 1. The minimum absolute atomic E-state index is 0.521. The van der Waals surface area contributed by atoms with Gasteiger partial charge < -0.3 is 10.2 Å². The molecular formula is C12H17ClO2. The second-order valence-corrected chi connectivity index (χ2v) is 4.20. The summed E-state index contributed by atoms with van der Waals surface area (Å²) in [4.78, 5) is 0. The monoisotopic (exact) mass is 228 g/mol. The third kappa shape index (κ3) is 2.71. The van der Waals surface area contributed by atoms with E-state index in [9.17, 15) is 10.2 Å². The Morgan fingerprint density at radius 1 is 1.20 bits per heavy atom. The van der Waals surface area contributed by atoms with E-state index in [0.717, 1.165) is 0 Å². The van der Waals surface area contributed by atoms with E-state index in [1.54, 1.807) is 24.3 Å². The average Bonchev–Trinajstić information content (AvgIpc) is 2.28. The third-order valence-corrected chi connectivity index (χ3v) is 3.17. The molecule has 15 heavy (non-hydrogen) atoms. The Balaban J connectivity index is 2.92. The van der Waals surface area contributed by atoms with Crippen molar-refractivity contribution in [2.45, 2.75) is 38.4 Å². The summed E-state index contributed by atoms with van der Waals surface area (Å²) < 4.78 is 0. The molecule has 3 heteroatoms. The lowest BCUT2D eigenvalue weighted by Crippen LogP contribution is -2.34. The van der Waals surface area contributed by atoms with Gasteiger partial charge in [0.1, 0.15) is 6.10 Å². The Morgan fingerprint density at radius 2 is 1.67 bits per heavy atom. The molecular weight excluding hydrogens is 212 g/mol. The minimum Gasteiger partial charge on any atom is -0.387 e. The van der Waals surface area contributed by atoms with Crippen molar-refractivity contribution < 1.29 is 10.2 Å². The molecule has 0 spiro atoms. The van der Waals surface area contributed by atoms with Crippen LogP contribution in [0.15, 0.2) is 24.3 Å². The van der Waals surface area contributed by atoms with Gasteiger partial charge in [-0.2, -0.15) is 0 Å².